The Morgan fingerprint density at radius 3 is 2.23 bits per heavy atom. The van der Waals surface area contributed by atoms with Gasteiger partial charge < -0.3 is 14.8 Å². The van der Waals surface area contributed by atoms with E-state index in [0.29, 0.717) is 35.8 Å². The SMILES string of the molecule is CCN(c1ccc(C(=O)NCCCc2ccc(OC)c(OC)c2)cc1)S(=O)(=O)CC. The fraction of sp³-hybridized carbons (Fsp3) is 0.409. The van der Waals surface area contributed by atoms with E-state index >= 15 is 0 Å². The lowest BCUT2D eigenvalue weighted by atomic mass is 10.1. The van der Waals surface area contributed by atoms with Crippen LogP contribution in [0.4, 0.5) is 5.69 Å². The monoisotopic (exact) mass is 434 g/mol. The number of hydrogen-bond acceptors (Lipinski definition) is 5. The fourth-order valence-corrected chi connectivity index (χ4v) is 4.26. The molecule has 0 bridgehead atoms. The summed E-state index contributed by atoms with van der Waals surface area (Å²) in [5, 5.41) is 2.90. The van der Waals surface area contributed by atoms with Gasteiger partial charge in [0.2, 0.25) is 10.0 Å². The Labute approximate surface area is 179 Å². The molecule has 30 heavy (non-hydrogen) atoms. The van der Waals surface area contributed by atoms with Crippen molar-refractivity contribution in [2.75, 3.05) is 37.4 Å². The maximum atomic E-state index is 12.4. The highest BCUT2D eigenvalue weighted by molar-refractivity contribution is 7.92. The second-order valence-corrected chi connectivity index (χ2v) is 8.84. The topological polar surface area (TPSA) is 84.9 Å². The van der Waals surface area contributed by atoms with Crippen molar-refractivity contribution in [3.8, 4) is 11.5 Å². The van der Waals surface area contributed by atoms with Gasteiger partial charge in [-0.25, -0.2) is 8.42 Å². The molecule has 0 radical (unpaired) electrons. The maximum absolute atomic E-state index is 12.4. The molecule has 7 nitrogen and oxygen atoms in total. The summed E-state index contributed by atoms with van der Waals surface area (Å²) in [6.45, 7) is 4.27. The van der Waals surface area contributed by atoms with Crippen LogP contribution in [0.3, 0.4) is 0 Å². The van der Waals surface area contributed by atoms with Crippen LogP contribution in [-0.2, 0) is 16.4 Å². The molecule has 8 heteroatoms. The van der Waals surface area contributed by atoms with Crippen LogP contribution in [0.15, 0.2) is 42.5 Å². The Balaban J connectivity index is 1.90. The number of carbonyl (C=O) groups is 1. The minimum absolute atomic E-state index is 0.0309. The number of methoxy groups -OCH3 is 2. The molecule has 0 fully saturated rings. The van der Waals surface area contributed by atoms with Gasteiger partial charge in [0.25, 0.3) is 5.91 Å². The van der Waals surface area contributed by atoms with Crippen LogP contribution in [-0.4, -0.2) is 47.4 Å². The molecule has 0 aliphatic carbocycles. The number of ether oxygens (including phenoxy) is 2. The quantitative estimate of drug-likeness (QED) is 0.549. The number of benzene rings is 2. The second-order valence-electron chi connectivity index (χ2n) is 6.66. The van der Waals surface area contributed by atoms with E-state index in [2.05, 4.69) is 5.32 Å². The number of sulfonamides is 1. The van der Waals surface area contributed by atoms with Crippen LogP contribution >= 0.6 is 0 Å². The predicted molar refractivity (Wildman–Crippen MR) is 119 cm³/mol. The van der Waals surface area contributed by atoms with Gasteiger partial charge in [-0.1, -0.05) is 6.07 Å². The number of carbonyl (C=O) groups excluding carboxylic acids is 1. The normalized spacial score (nSPS) is 11.1. The Bertz CT molecular complexity index is 943. The first-order chi connectivity index (χ1) is 14.4. The average molecular weight is 435 g/mol. The van der Waals surface area contributed by atoms with Crippen LogP contribution in [0.25, 0.3) is 0 Å². The van der Waals surface area contributed by atoms with Crippen LogP contribution in [0.1, 0.15) is 36.2 Å². The Morgan fingerprint density at radius 1 is 1.00 bits per heavy atom. The highest BCUT2D eigenvalue weighted by atomic mass is 32.2. The number of aryl methyl sites for hydroxylation is 1. The van der Waals surface area contributed by atoms with Gasteiger partial charge in [0, 0.05) is 18.7 Å². The molecule has 0 atom stereocenters. The number of nitrogens with one attached hydrogen (secondary N) is 1. The Kier molecular flexibility index (Phi) is 8.53. The molecule has 1 N–H and O–H groups in total. The van der Waals surface area contributed by atoms with E-state index in [9.17, 15) is 13.2 Å². The average Bonchev–Trinajstić information content (AvgIpc) is 2.77. The fourth-order valence-electron chi connectivity index (χ4n) is 3.11. The van der Waals surface area contributed by atoms with Crippen LogP contribution in [0, 0.1) is 0 Å². The number of nitrogens with zero attached hydrogens (tertiary/aromatic N) is 1. The van der Waals surface area contributed by atoms with Crippen molar-refractivity contribution in [2.24, 2.45) is 0 Å². The number of amides is 1. The third-order valence-corrected chi connectivity index (χ3v) is 6.65. The number of hydrogen-bond donors (Lipinski definition) is 1. The van der Waals surface area contributed by atoms with Gasteiger partial charge in [-0.15, -0.1) is 0 Å². The summed E-state index contributed by atoms with van der Waals surface area (Å²) >= 11 is 0. The van der Waals surface area contributed by atoms with Crippen molar-refractivity contribution >= 4 is 21.6 Å². The summed E-state index contributed by atoms with van der Waals surface area (Å²) < 4.78 is 36.2. The first-order valence-electron chi connectivity index (χ1n) is 9.95. The molecule has 0 saturated heterocycles. The van der Waals surface area contributed by atoms with Gasteiger partial charge in [-0.2, -0.15) is 0 Å². The molecule has 0 unspecified atom stereocenters. The maximum Gasteiger partial charge on any atom is 0.251 e. The highest BCUT2D eigenvalue weighted by Gasteiger charge is 2.18. The molecular weight excluding hydrogens is 404 g/mol. The van der Waals surface area contributed by atoms with Crippen molar-refractivity contribution in [1.82, 2.24) is 5.32 Å². The summed E-state index contributed by atoms with van der Waals surface area (Å²) in [7, 11) is -0.133. The molecule has 0 aliphatic rings. The molecule has 2 rings (SSSR count). The van der Waals surface area contributed by atoms with Crippen molar-refractivity contribution in [3.63, 3.8) is 0 Å². The van der Waals surface area contributed by atoms with E-state index < -0.39 is 10.0 Å². The molecule has 0 aliphatic heterocycles. The summed E-state index contributed by atoms with van der Waals surface area (Å²) in [5.41, 5.74) is 2.15. The number of anilines is 1. The smallest absolute Gasteiger partial charge is 0.251 e. The van der Waals surface area contributed by atoms with Gasteiger partial charge in [-0.3, -0.25) is 9.10 Å². The zero-order valence-corrected chi connectivity index (χ0v) is 18.8. The summed E-state index contributed by atoms with van der Waals surface area (Å²) in [5.74, 6) is 1.22. The van der Waals surface area contributed by atoms with Crippen molar-refractivity contribution in [2.45, 2.75) is 26.7 Å². The van der Waals surface area contributed by atoms with Crippen LogP contribution < -0.4 is 19.1 Å². The van der Waals surface area contributed by atoms with E-state index in [4.69, 9.17) is 9.47 Å². The molecule has 1 amide bonds. The molecule has 2 aromatic rings. The standard InChI is InChI=1S/C22H30N2O5S/c1-5-24(30(26,27)6-2)19-12-10-18(11-13-19)22(25)23-15-7-8-17-9-14-20(28-3)21(16-17)29-4/h9-14,16H,5-8,15H2,1-4H3,(H,23,25). The van der Waals surface area contributed by atoms with Gasteiger partial charge in [0.15, 0.2) is 11.5 Å². The van der Waals surface area contributed by atoms with Crippen molar-refractivity contribution in [3.05, 3.63) is 53.6 Å². The Morgan fingerprint density at radius 2 is 1.67 bits per heavy atom. The largest absolute Gasteiger partial charge is 0.493 e. The first kappa shape index (κ1) is 23.5. The van der Waals surface area contributed by atoms with Gasteiger partial charge in [0.1, 0.15) is 0 Å². The number of rotatable bonds is 11. The summed E-state index contributed by atoms with van der Waals surface area (Å²) in [4.78, 5) is 12.4. The lowest BCUT2D eigenvalue weighted by Gasteiger charge is -2.22. The van der Waals surface area contributed by atoms with Gasteiger partial charge in [0.05, 0.1) is 25.7 Å². The van der Waals surface area contributed by atoms with E-state index in [1.807, 2.05) is 18.2 Å². The zero-order chi connectivity index (χ0) is 22.1. The molecule has 0 aromatic heterocycles. The third kappa shape index (κ3) is 5.89. The lowest BCUT2D eigenvalue weighted by Crippen LogP contribution is -2.32. The molecule has 0 saturated carbocycles. The molecule has 164 valence electrons. The predicted octanol–water partition coefficient (Wildman–Crippen LogP) is 3.24. The molecule has 0 spiro atoms. The second kappa shape index (κ2) is 10.9. The van der Waals surface area contributed by atoms with Crippen molar-refractivity contribution in [1.29, 1.82) is 0 Å². The van der Waals surface area contributed by atoms with E-state index in [-0.39, 0.29) is 11.7 Å². The minimum atomic E-state index is -3.33. The molecule has 2 aromatic carbocycles. The van der Waals surface area contributed by atoms with Gasteiger partial charge in [-0.05, 0) is 68.7 Å². The highest BCUT2D eigenvalue weighted by Crippen LogP contribution is 2.27. The van der Waals surface area contributed by atoms with Crippen LogP contribution in [0.5, 0.6) is 11.5 Å². The lowest BCUT2D eigenvalue weighted by molar-refractivity contribution is 0.0953. The summed E-state index contributed by atoms with van der Waals surface area (Å²) in [6.07, 6.45) is 1.57. The van der Waals surface area contributed by atoms with Crippen LogP contribution in [0.2, 0.25) is 0 Å². The zero-order valence-electron chi connectivity index (χ0n) is 18.0. The van der Waals surface area contributed by atoms with Gasteiger partial charge >= 0.3 is 0 Å². The minimum Gasteiger partial charge on any atom is -0.493 e. The van der Waals surface area contributed by atoms with E-state index in [0.717, 1.165) is 18.4 Å². The first-order valence-corrected chi connectivity index (χ1v) is 11.6. The third-order valence-electron chi connectivity index (χ3n) is 4.78. The van der Waals surface area contributed by atoms with E-state index in [1.54, 1.807) is 52.3 Å². The van der Waals surface area contributed by atoms with Crippen molar-refractivity contribution < 1.29 is 22.7 Å². The Hall–Kier alpha value is -2.74. The summed E-state index contributed by atoms with van der Waals surface area (Å²) in [6, 6.07) is 12.4. The molecule has 0 heterocycles. The molecular formula is C22H30N2O5S. The van der Waals surface area contributed by atoms with E-state index in [1.165, 1.54) is 4.31 Å².